The third-order valence-corrected chi connectivity index (χ3v) is 8.66. The van der Waals surface area contributed by atoms with Crippen molar-refractivity contribution in [2.24, 2.45) is 10.9 Å². The predicted octanol–water partition coefficient (Wildman–Crippen LogP) is 2.79. The maximum atomic E-state index is 13.2. The Morgan fingerprint density at radius 3 is 2.69 bits per heavy atom. The number of terminal acetylenes is 1. The maximum absolute atomic E-state index is 13.2. The van der Waals surface area contributed by atoms with E-state index >= 15 is 0 Å². The number of ether oxygens (including phenoxy) is 1. The number of fused-ring (bicyclic) bond motifs is 1. The number of carbonyl (C=O) groups excluding carboxylic acids is 2. The van der Waals surface area contributed by atoms with Gasteiger partial charge in [-0.2, -0.15) is 9.30 Å². The van der Waals surface area contributed by atoms with E-state index in [1.165, 1.54) is 34.9 Å². The highest BCUT2D eigenvalue weighted by molar-refractivity contribution is 7.89. The summed E-state index contributed by atoms with van der Waals surface area (Å²) in [4.78, 5) is 29.6. The number of carbonyl (C=O) groups is 2. The first-order valence-electron chi connectivity index (χ1n) is 10.7. The minimum Gasteiger partial charge on any atom is -0.465 e. The molecule has 35 heavy (non-hydrogen) atoms. The Hall–Kier alpha value is -3.33. The first-order chi connectivity index (χ1) is 16.7. The van der Waals surface area contributed by atoms with Gasteiger partial charge < -0.3 is 9.30 Å². The Balaban J connectivity index is 1.64. The number of aromatic nitrogens is 1. The van der Waals surface area contributed by atoms with Gasteiger partial charge in [0.25, 0.3) is 5.91 Å². The van der Waals surface area contributed by atoms with Crippen LogP contribution in [0.3, 0.4) is 0 Å². The van der Waals surface area contributed by atoms with Crippen LogP contribution in [-0.4, -0.2) is 49.4 Å². The number of benzene rings is 2. The molecule has 0 bridgehead atoms. The van der Waals surface area contributed by atoms with Gasteiger partial charge in [0, 0.05) is 13.1 Å². The minimum atomic E-state index is -3.87. The molecule has 8 nitrogen and oxygen atoms in total. The van der Waals surface area contributed by atoms with Crippen molar-refractivity contribution in [1.29, 1.82) is 0 Å². The van der Waals surface area contributed by atoms with Crippen LogP contribution >= 0.6 is 11.3 Å². The summed E-state index contributed by atoms with van der Waals surface area (Å²) in [5, 5.41) is 0. The molecule has 0 radical (unpaired) electrons. The molecular formula is C24H22FN3O5S2. The Morgan fingerprint density at radius 1 is 1.26 bits per heavy atom. The van der Waals surface area contributed by atoms with E-state index in [1.54, 1.807) is 22.8 Å². The van der Waals surface area contributed by atoms with Crippen molar-refractivity contribution in [2.45, 2.75) is 24.3 Å². The van der Waals surface area contributed by atoms with Gasteiger partial charge in [0.15, 0.2) is 4.80 Å². The smallest absolute Gasteiger partial charge is 0.337 e. The number of nitrogens with zero attached hydrogens (tertiary/aromatic N) is 3. The molecule has 0 aliphatic carbocycles. The zero-order chi connectivity index (χ0) is 25.2. The van der Waals surface area contributed by atoms with Crippen molar-refractivity contribution in [3.05, 3.63) is 58.6 Å². The molecule has 1 aromatic heterocycles. The van der Waals surface area contributed by atoms with Crippen molar-refractivity contribution in [3.8, 4) is 12.3 Å². The van der Waals surface area contributed by atoms with Crippen LogP contribution in [0.1, 0.15) is 23.2 Å². The Bertz CT molecular complexity index is 1500. The van der Waals surface area contributed by atoms with Gasteiger partial charge in [-0.05, 0) is 55.3 Å². The molecule has 0 saturated carbocycles. The van der Waals surface area contributed by atoms with Crippen LogP contribution in [0.4, 0.5) is 4.39 Å². The average Bonchev–Trinajstić information content (AvgIpc) is 3.20. The molecule has 3 aromatic rings. The monoisotopic (exact) mass is 515 g/mol. The lowest BCUT2D eigenvalue weighted by molar-refractivity contribution is -0.122. The molecule has 2 aromatic carbocycles. The van der Waals surface area contributed by atoms with Gasteiger partial charge in [-0.15, -0.1) is 6.42 Å². The minimum absolute atomic E-state index is 0.0193. The molecule has 2 heterocycles. The first-order valence-corrected chi connectivity index (χ1v) is 13.0. The van der Waals surface area contributed by atoms with E-state index in [0.717, 1.165) is 17.6 Å². The molecular weight excluding hydrogens is 493 g/mol. The molecule has 1 aliphatic rings. The Morgan fingerprint density at radius 2 is 2.00 bits per heavy atom. The number of hydrogen-bond donors (Lipinski definition) is 0. The predicted molar refractivity (Wildman–Crippen MR) is 128 cm³/mol. The normalized spacial score (nSPS) is 17.3. The topological polar surface area (TPSA) is 98.0 Å². The van der Waals surface area contributed by atoms with Crippen LogP contribution in [0.15, 0.2) is 52.4 Å². The van der Waals surface area contributed by atoms with E-state index in [0.29, 0.717) is 27.9 Å². The van der Waals surface area contributed by atoms with Gasteiger partial charge in [0.05, 0.1) is 40.2 Å². The molecule has 1 fully saturated rings. The highest BCUT2D eigenvalue weighted by Crippen LogP contribution is 2.25. The SMILES string of the molecule is C#CCn1c(=NC(=O)C2CCCN(S(=O)(=O)c3ccc(F)cc3)C2)sc2cc(C(=O)OC)ccc21. The van der Waals surface area contributed by atoms with E-state index < -0.39 is 33.6 Å². The third-order valence-electron chi connectivity index (χ3n) is 5.74. The van der Waals surface area contributed by atoms with E-state index in [2.05, 4.69) is 10.9 Å². The van der Waals surface area contributed by atoms with Crippen LogP contribution in [0.5, 0.6) is 0 Å². The van der Waals surface area contributed by atoms with Gasteiger partial charge in [-0.25, -0.2) is 17.6 Å². The molecule has 182 valence electrons. The van der Waals surface area contributed by atoms with Crippen molar-refractivity contribution in [1.82, 2.24) is 8.87 Å². The van der Waals surface area contributed by atoms with Gasteiger partial charge in [-0.3, -0.25) is 4.79 Å². The lowest BCUT2D eigenvalue weighted by Gasteiger charge is -2.30. The fraction of sp³-hybridized carbons (Fsp3) is 0.292. The largest absolute Gasteiger partial charge is 0.465 e. The summed E-state index contributed by atoms with van der Waals surface area (Å²) in [6, 6.07) is 9.58. The molecule has 1 amide bonds. The second-order valence-corrected chi connectivity index (χ2v) is 10.9. The summed E-state index contributed by atoms with van der Waals surface area (Å²) in [6.07, 6.45) is 6.50. The first kappa shape index (κ1) is 24.8. The van der Waals surface area contributed by atoms with E-state index in [4.69, 9.17) is 11.2 Å². The summed E-state index contributed by atoms with van der Waals surface area (Å²) in [6.45, 7) is 0.410. The van der Waals surface area contributed by atoms with Crippen molar-refractivity contribution >= 4 is 43.5 Å². The molecule has 1 atom stereocenters. The standard InChI is InChI=1S/C24H22FN3O5S2/c1-3-12-28-20-11-6-16(23(30)33-2)14-21(20)34-24(28)26-22(29)17-5-4-13-27(15-17)35(31,32)19-9-7-18(25)8-10-19/h1,6-11,14,17H,4-5,12-13,15H2,2H3. The summed E-state index contributed by atoms with van der Waals surface area (Å²) >= 11 is 1.21. The van der Waals surface area contributed by atoms with Gasteiger partial charge >= 0.3 is 5.97 Å². The third kappa shape index (κ3) is 5.05. The van der Waals surface area contributed by atoms with Gasteiger partial charge in [-0.1, -0.05) is 17.3 Å². The van der Waals surface area contributed by atoms with E-state index in [-0.39, 0.29) is 24.5 Å². The maximum Gasteiger partial charge on any atom is 0.337 e. The number of methoxy groups -OCH3 is 1. The number of hydrogen-bond acceptors (Lipinski definition) is 6. The lowest BCUT2D eigenvalue weighted by Crippen LogP contribution is -2.42. The number of esters is 1. The van der Waals surface area contributed by atoms with Crippen LogP contribution in [0.2, 0.25) is 0 Å². The molecule has 4 rings (SSSR count). The quantitative estimate of drug-likeness (QED) is 0.385. The summed E-state index contributed by atoms with van der Waals surface area (Å²) < 4.78 is 47.6. The van der Waals surface area contributed by atoms with E-state index in [9.17, 15) is 22.4 Å². The lowest BCUT2D eigenvalue weighted by atomic mass is 9.99. The number of piperidine rings is 1. The summed E-state index contributed by atoms with van der Waals surface area (Å²) in [7, 11) is -2.58. The van der Waals surface area contributed by atoms with E-state index in [1.807, 2.05) is 0 Å². The average molecular weight is 516 g/mol. The highest BCUT2D eigenvalue weighted by atomic mass is 32.2. The van der Waals surface area contributed by atoms with Crippen LogP contribution in [0, 0.1) is 24.1 Å². The number of halogens is 1. The molecule has 0 N–H and O–H groups in total. The number of sulfonamides is 1. The molecule has 1 saturated heterocycles. The second kappa shape index (κ2) is 10.1. The van der Waals surface area contributed by atoms with Crippen LogP contribution in [-0.2, 0) is 26.1 Å². The van der Waals surface area contributed by atoms with Crippen molar-refractivity contribution in [3.63, 3.8) is 0 Å². The van der Waals surface area contributed by atoms with Crippen LogP contribution < -0.4 is 4.80 Å². The zero-order valence-electron chi connectivity index (χ0n) is 18.8. The highest BCUT2D eigenvalue weighted by Gasteiger charge is 2.33. The second-order valence-electron chi connectivity index (χ2n) is 7.96. The van der Waals surface area contributed by atoms with Crippen molar-refractivity contribution in [2.75, 3.05) is 20.2 Å². The van der Waals surface area contributed by atoms with Gasteiger partial charge in [0.1, 0.15) is 5.82 Å². The Kier molecular flexibility index (Phi) is 7.16. The van der Waals surface area contributed by atoms with Gasteiger partial charge in [0.2, 0.25) is 10.0 Å². The summed E-state index contributed by atoms with van der Waals surface area (Å²) in [5.41, 5.74) is 1.08. The molecule has 11 heteroatoms. The molecule has 0 spiro atoms. The van der Waals surface area contributed by atoms with Crippen LogP contribution in [0.25, 0.3) is 10.2 Å². The number of amides is 1. The molecule has 1 aliphatic heterocycles. The number of thiazole rings is 1. The van der Waals surface area contributed by atoms with Crippen molar-refractivity contribution < 1.29 is 27.1 Å². The molecule has 1 unspecified atom stereocenters. The summed E-state index contributed by atoms with van der Waals surface area (Å²) in [5.74, 6) is 0.451. The Labute approximate surface area is 205 Å². The zero-order valence-corrected chi connectivity index (χ0v) is 20.4. The number of rotatable bonds is 5. The fourth-order valence-electron chi connectivity index (χ4n) is 3.95. The fourth-order valence-corrected chi connectivity index (χ4v) is 6.55.